The summed E-state index contributed by atoms with van der Waals surface area (Å²) in [5.41, 5.74) is 0.593. The molecular weight excluding hydrogens is 352 g/mol. The Kier molecular flexibility index (Phi) is 5.68. The highest BCUT2D eigenvalue weighted by Gasteiger charge is 2.32. The van der Waals surface area contributed by atoms with Crippen LogP contribution in [0.4, 0.5) is 0 Å². The van der Waals surface area contributed by atoms with Gasteiger partial charge in [-0.1, -0.05) is 36.4 Å². The number of carbonyl (C=O) groups excluding carboxylic acids is 3. The zero-order chi connectivity index (χ0) is 18.5. The third-order valence-electron chi connectivity index (χ3n) is 3.94. The Balaban J connectivity index is 1.65. The van der Waals surface area contributed by atoms with Gasteiger partial charge in [0.05, 0.1) is 4.88 Å². The first-order chi connectivity index (χ1) is 12.5. The Morgan fingerprint density at radius 3 is 2.46 bits per heavy atom. The van der Waals surface area contributed by atoms with Crippen LogP contribution in [-0.2, 0) is 14.3 Å². The second kappa shape index (κ2) is 8.14. The van der Waals surface area contributed by atoms with E-state index < -0.39 is 18.1 Å². The quantitative estimate of drug-likeness (QED) is 0.731. The minimum Gasteiger partial charge on any atom is -0.446 e. The zero-order valence-corrected chi connectivity index (χ0v) is 15.1. The van der Waals surface area contributed by atoms with Crippen molar-refractivity contribution in [3.8, 4) is 0 Å². The Bertz CT molecular complexity index is 772. The van der Waals surface area contributed by atoms with Crippen LogP contribution in [-0.4, -0.2) is 29.9 Å². The molecule has 2 atom stereocenters. The lowest BCUT2D eigenvalue weighted by Crippen LogP contribution is -2.42. The van der Waals surface area contributed by atoms with E-state index in [-0.39, 0.29) is 17.9 Å². The molecule has 0 spiro atoms. The molecule has 1 fully saturated rings. The second-order valence-corrected chi connectivity index (χ2v) is 7.13. The lowest BCUT2D eigenvalue weighted by molar-refractivity contribution is -0.158. The molecule has 2 aromatic rings. The summed E-state index contributed by atoms with van der Waals surface area (Å²) in [5, 5.41) is 7.24. The Hall–Kier alpha value is -2.67. The highest BCUT2D eigenvalue weighted by atomic mass is 32.1. The second-order valence-electron chi connectivity index (χ2n) is 6.18. The first-order valence-corrected chi connectivity index (χ1v) is 9.32. The van der Waals surface area contributed by atoms with Crippen molar-refractivity contribution in [2.45, 2.75) is 38.0 Å². The maximum absolute atomic E-state index is 12.5. The van der Waals surface area contributed by atoms with Gasteiger partial charge in [0.2, 0.25) is 6.10 Å². The van der Waals surface area contributed by atoms with E-state index in [0.717, 1.165) is 12.8 Å². The fourth-order valence-electron chi connectivity index (χ4n) is 2.36. The SMILES string of the molecule is C[C@H](NC(=O)c1cccs1)C(=O)O[C@@H](C(=O)NC1CC1)c1ccccc1. The van der Waals surface area contributed by atoms with Crippen LogP contribution in [0.25, 0.3) is 0 Å². The minimum atomic E-state index is -1.04. The maximum Gasteiger partial charge on any atom is 0.329 e. The van der Waals surface area contributed by atoms with Crippen LogP contribution < -0.4 is 10.6 Å². The van der Waals surface area contributed by atoms with Gasteiger partial charge in [-0.25, -0.2) is 4.79 Å². The number of benzene rings is 1. The van der Waals surface area contributed by atoms with Crippen molar-refractivity contribution >= 4 is 29.1 Å². The van der Waals surface area contributed by atoms with Crippen molar-refractivity contribution in [1.82, 2.24) is 10.6 Å². The van der Waals surface area contributed by atoms with Crippen molar-refractivity contribution in [1.29, 1.82) is 0 Å². The van der Waals surface area contributed by atoms with Crippen LogP contribution in [0, 0.1) is 0 Å². The smallest absolute Gasteiger partial charge is 0.329 e. The van der Waals surface area contributed by atoms with Gasteiger partial charge in [-0.3, -0.25) is 9.59 Å². The summed E-state index contributed by atoms with van der Waals surface area (Å²) in [6.45, 7) is 1.54. The van der Waals surface area contributed by atoms with Crippen molar-refractivity contribution in [3.05, 3.63) is 58.3 Å². The minimum absolute atomic E-state index is 0.156. The molecular formula is C19H20N2O4S. The number of rotatable bonds is 7. The Morgan fingerprint density at radius 1 is 1.12 bits per heavy atom. The number of esters is 1. The van der Waals surface area contributed by atoms with E-state index in [4.69, 9.17) is 4.74 Å². The molecule has 3 rings (SSSR count). The highest BCUT2D eigenvalue weighted by molar-refractivity contribution is 7.12. The van der Waals surface area contributed by atoms with Gasteiger partial charge < -0.3 is 15.4 Å². The van der Waals surface area contributed by atoms with E-state index in [2.05, 4.69) is 10.6 Å². The van der Waals surface area contributed by atoms with Crippen LogP contribution in [0.5, 0.6) is 0 Å². The van der Waals surface area contributed by atoms with Gasteiger partial charge in [0.1, 0.15) is 6.04 Å². The first kappa shape index (κ1) is 18.1. The number of hydrogen-bond acceptors (Lipinski definition) is 5. The normalized spacial score (nSPS) is 15.6. The molecule has 0 bridgehead atoms. The number of thiophene rings is 1. The topological polar surface area (TPSA) is 84.5 Å². The van der Waals surface area contributed by atoms with E-state index in [0.29, 0.717) is 10.4 Å². The Labute approximate surface area is 155 Å². The number of ether oxygens (including phenoxy) is 1. The van der Waals surface area contributed by atoms with Crippen molar-refractivity contribution in [2.75, 3.05) is 0 Å². The molecule has 0 radical (unpaired) electrons. The average Bonchev–Trinajstić information content (AvgIpc) is 3.28. The maximum atomic E-state index is 12.5. The van der Waals surface area contributed by atoms with Crippen molar-refractivity contribution in [2.24, 2.45) is 0 Å². The zero-order valence-electron chi connectivity index (χ0n) is 14.3. The van der Waals surface area contributed by atoms with Crippen LogP contribution in [0.1, 0.15) is 41.1 Å². The third kappa shape index (κ3) is 4.70. The van der Waals surface area contributed by atoms with E-state index >= 15 is 0 Å². The molecule has 1 aromatic heterocycles. The lowest BCUT2D eigenvalue weighted by atomic mass is 10.1. The fourth-order valence-corrected chi connectivity index (χ4v) is 2.98. The predicted octanol–water partition coefficient (Wildman–Crippen LogP) is 2.43. The molecule has 2 N–H and O–H groups in total. The standard InChI is InChI=1S/C19H20N2O4S/c1-12(20-17(22)15-8-5-11-26-15)19(24)25-16(13-6-3-2-4-7-13)18(23)21-14-9-10-14/h2-8,11-12,14,16H,9-10H2,1H3,(H,20,22)(H,21,23)/t12-,16+/m0/s1. The summed E-state index contributed by atoms with van der Waals surface area (Å²) in [5.74, 6) is -1.35. The van der Waals surface area contributed by atoms with Crippen molar-refractivity contribution in [3.63, 3.8) is 0 Å². The van der Waals surface area contributed by atoms with Crippen LogP contribution in [0.2, 0.25) is 0 Å². The number of nitrogens with one attached hydrogen (secondary N) is 2. The van der Waals surface area contributed by atoms with Crippen molar-refractivity contribution < 1.29 is 19.1 Å². The molecule has 7 heteroatoms. The molecule has 0 aliphatic heterocycles. The summed E-state index contributed by atoms with van der Waals surface area (Å²) in [4.78, 5) is 37.5. The number of carbonyl (C=O) groups is 3. The van der Waals surface area contributed by atoms with Gasteiger partial charge in [0, 0.05) is 11.6 Å². The van der Waals surface area contributed by atoms with Gasteiger partial charge in [0.15, 0.2) is 0 Å². The lowest BCUT2D eigenvalue weighted by Gasteiger charge is -2.20. The first-order valence-electron chi connectivity index (χ1n) is 8.45. The molecule has 1 aliphatic carbocycles. The molecule has 1 heterocycles. The summed E-state index contributed by atoms with van der Waals surface area (Å²) in [6.07, 6.45) is 0.841. The molecule has 1 aliphatic rings. The number of hydrogen-bond donors (Lipinski definition) is 2. The van der Waals surface area contributed by atoms with E-state index in [1.165, 1.54) is 18.3 Å². The Morgan fingerprint density at radius 2 is 1.85 bits per heavy atom. The van der Waals surface area contributed by atoms with Gasteiger partial charge in [0.25, 0.3) is 11.8 Å². The average molecular weight is 372 g/mol. The van der Waals surface area contributed by atoms with Gasteiger partial charge in [-0.2, -0.15) is 0 Å². The third-order valence-corrected chi connectivity index (χ3v) is 4.81. The molecule has 1 saturated carbocycles. The van der Waals surface area contributed by atoms with E-state index in [1.807, 2.05) is 6.07 Å². The van der Waals surface area contributed by atoms with E-state index in [1.54, 1.807) is 41.8 Å². The monoisotopic (exact) mass is 372 g/mol. The summed E-state index contributed by atoms with van der Waals surface area (Å²) < 4.78 is 5.44. The van der Waals surface area contributed by atoms with Crippen LogP contribution >= 0.6 is 11.3 Å². The van der Waals surface area contributed by atoms with Crippen LogP contribution in [0.3, 0.4) is 0 Å². The van der Waals surface area contributed by atoms with Gasteiger partial charge in [-0.15, -0.1) is 11.3 Å². The summed E-state index contributed by atoms with van der Waals surface area (Å²) in [7, 11) is 0. The number of amides is 2. The van der Waals surface area contributed by atoms with Crippen LogP contribution in [0.15, 0.2) is 47.8 Å². The molecule has 0 unspecified atom stereocenters. The molecule has 2 amide bonds. The molecule has 136 valence electrons. The van der Waals surface area contributed by atoms with Gasteiger partial charge >= 0.3 is 5.97 Å². The summed E-state index contributed by atoms with van der Waals surface area (Å²) >= 11 is 1.29. The molecule has 0 saturated heterocycles. The fraction of sp³-hybridized carbons (Fsp3) is 0.316. The molecule has 6 nitrogen and oxygen atoms in total. The predicted molar refractivity (Wildman–Crippen MR) is 97.7 cm³/mol. The molecule has 1 aromatic carbocycles. The molecule has 26 heavy (non-hydrogen) atoms. The van der Waals surface area contributed by atoms with Gasteiger partial charge in [-0.05, 0) is 31.2 Å². The highest BCUT2D eigenvalue weighted by Crippen LogP contribution is 2.23. The van der Waals surface area contributed by atoms with E-state index in [9.17, 15) is 14.4 Å². The summed E-state index contributed by atoms with van der Waals surface area (Å²) in [6, 6.07) is 11.6. The largest absolute Gasteiger partial charge is 0.446 e.